The van der Waals surface area contributed by atoms with Crippen LogP contribution in [0.3, 0.4) is 0 Å². The van der Waals surface area contributed by atoms with Crippen molar-refractivity contribution in [2.45, 2.75) is 77.4 Å². The van der Waals surface area contributed by atoms with E-state index < -0.39 is 5.54 Å². The maximum Gasteiger partial charge on any atom is 0.322 e. The summed E-state index contributed by atoms with van der Waals surface area (Å²) in [6.45, 7) is 6.78. The molecule has 0 aliphatic heterocycles. The van der Waals surface area contributed by atoms with E-state index in [2.05, 4.69) is 164 Å². The van der Waals surface area contributed by atoms with Crippen molar-refractivity contribution in [3.8, 4) is 22.5 Å². The molecule has 6 aromatic carbocycles. The van der Waals surface area contributed by atoms with Gasteiger partial charge in [0, 0.05) is 23.8 Å². The number of rotatable bonds is 10. The van der Waals surface area contributed by atoms with Crippen molar-refractivity contribution in [3.63, 3.8) is 0 Å². The molecule has 1 aromatic heterocycles. The second-order valence-corrected chi connectivity index (χ2v) is 15.4. The Balaban J connectivity index is 1.16. The number of urea groups is 1. The number of benzene rings is 6. The standard InChI is InChI=1S/C50H50N6O/c1-36-33-37(2)47(38(3)34-36)51-49(57)55(44-25-15-4-5-16-26-44)35-39-29-31-40(32-30-39)45-27-17-18-28-46(45)48-52-53-54-56(48)50(41-19-9-6-10-20-41,42-21-11-7-12-22-42)43-23-13-8-14-24-43/h6-14,17-24,27-34,44H,4-5,15-16,25-26,35H2,1-3H3,(H,51,57). The van der Waals surface area contributed by atoms with Gasteiger partial charge in [0.1, 0.15) is 5.54 Å². The van der Waals surface area contributed by atoms with Gasteiger partial charge in [-0.3, -0.25) is 0 Å². The number of hydrogen-bond acceptors (Lipinski definition) is 4. The smallest absolute Gasteiger partial charge is 0.317 e. The van der Waals surface area contributed by atoms with Gasteiger partial charge in [0.15, 0.2) is 5.82 Å². The Kier molecular flexibility index (Phi) is 11.1. The summed E-state index contributed by atoms with van der Waals surface area (Å²) >= 11 is 0. The number of aromatic nitrogens is 4. The number of tetrazole rings is 1. The van der Waals surface area contributed by atoms with Crippen LogP contribution < -0.4 is 5.32 Å². The number of amides is 2. The third kappa shape index (κ3) is 7.62. The number of carbonyl (C=O) groups excluding carboxylic acids is 1. The van der Waals surface area contributed by atoms with Gasteiger partial charge in [-0.2, -0.15) is 0 Å². The first-order valence-electron chi connectivity index (χ1n) is 20.2. The number of hydrogen-bond donors (Lipinski definition) is 1. The third-order valence-corrected chi connectivity index (χ3v) is 11.6. The van der Waals surface area contributed by atoms with Crippen molar-refractivity contribution < 1.29 is 4.79 Å². The van der Waals surface area contributed by atoms with Gasteiger partial charge in [-0.15, -0.1) is 5.10 Å². The number of nitrogens with zero attached hydrogens (tertiary/aromatic N) is 5. The van der Waals surface area contributed by atoms with Gasteiger partial charge in [-0.1, -0.05) is 183 Å². The topological polar surface area (TPSA) is 75.9 Å². The van der Waals surface area contributed by atoms with Crippen LogP contribution >= 0.6 is 0 Å². The van der Waals surface area contributed by atoms with Gasteiger partial charge in [0.05, 0.1) is 0 Å². The average molecular weight is 751 g/mol. The number of nitrogens with one attached hydrogen (secondary N) is 1. The summed E-state index contributed by atoms with van der Waals surface area (Å²) in [4.78, 5) is 16.3. The molecule has 1 aliphatic carbocycles. The highest BCUT2D eigenvalue weighted by molar-refractivity contribution is 5.91. The molecule has 1 aliphatic rings. The van der Waals surface area contributed by atoms with Gasteiger partial charge in [-0.25, -0.2) is 9.48 Å². The van der Waals surface area contributed by atoms with Crippen LogP contribution in [0.4, 0.5) is 10.5 Å². The molecule has 1 saturated carbocycles. The Morgan fingerprint density at radius 2 is 1.18 bits per heavy atom. The lowest BCUT2D eigenvalue weighted by molar-refractivity contribution is 0.175. The number of anilines is 1. The molecule has 0 saturated heterocycles. The van der Waals surface area contributed by atoms with Crippen LogP contribution in [0.2, 0.25) is 0 Å². The van der Waals surface area contributed by atoms with Crippen molar-refractivity contribution in [1.82, 2.24) is 25.1 Å². The molecular weight excluding hydrogens is 701 g/mol. The van der Waals surface area contributed by atoms with Crippen LogP contribution in [0.15, 0.2) is 152 Å². The Morgan fingerprint density at radius 3 is 1.72 bits per heavy atom. The molecule has 7 aromatic rings. The SMILES string of the molecule is Cc1cc(C)c(NC(=O)N(Cc2ccc(-c3ccccc3-c3nnnn3C(c3ccccc3)(c3ccccc3)c3ccccc3)cc2)C2CCCCCC2)c(C)c1. The van der Waals surface area contributed by atoms with Gasteiger partial charge in [0.2, 0.25) is 0 Å². The van der Waals surface area contributed by atoms with Crippen molar-refractivity contribution in [2.75, 3.05) is 5.32 Å². The lowest BCUT2D eigenvalue weighted by atomic mass is 9.77. The summed E-state index contributed by atoms with van der Waals surface area (Å²) < 4.78 is 1.99. The van der Waals surface area contributed by atoms with Crippen molar-refractivity contribution in [3.05, 3.63) is 191 Å². The average Bonchev–Trinajstić information content (AvgIpc) is 3.57. The van der Waals surface area contributed by atoms with Crippen LogP contribution in [0.5, 0.6) is 0 Å². The first kappa shape index (κ1) is 37.6. The fourth-order valence-corrected chi connectivity index (χ4v) is 8.89. The van der Waals surface area contributed by atoms with Crippen LogP contribution in [0, 0.1) is 20.8 Å². The van der Waals surface area contributed by atoms with Crippen molar-refractivity contribution >= 4 is 11.7 Å². The lowest BCUT2D eigenvalue weighted by Gasteiger charge is -2.36. The zero-order chi connectivity index (χ0) is 39.2. The van der Waals surface area contributed by atoms with E-state index in [0.717, 1.165) is 81.4 Å². The minimum absolute atomic E-state index is 0.0306. The molecule has 286 valence electrons. The summed E-state index contributed by atoms with van der Waals surface area (Å²) in [7, 11) is 0. The Labute approximate surface area is 336 Å². The van der Waals surface area contributed by atoms with E-state index in [4.69, 9.17) is 10.3 Å². The highest BCUT2D eigenvalue weighted by Crippen LogP contribution is 2.43. The monoisotopic (exact) mass is 750 g/mol. The van der Waals surface area contributed by atoms with E-state index in [1.54, 1.807) is 0 Å². The lowest BCUT2D eigenvalue weighted by Crippen LogP contribution is -2.42. The van der Waals surface area contributed by atoms with E-state index >= 15 is 0 Å². The van der Waals surface area contributed by atoms with E-state index in [0.29, 0.717) is 12.4 Å². The van der Waals surface area contributed by atoms with Crippen molar-refractivity contribution in [1.29, 1.82) is 0 Å². The summed E-state index contributed by atoms with van der Waals surface area (Å²) in [6.07, 6.45) is 6.79. The van der Waals surface area contributed by atoms with Gasteiger partial charge in [-0.05, 0) is 88.5 Å². The maximum absolute atomic E-state index is 14.2. The van der Waals surface area contributed by atoms with E-state index in [-0.39, 0.29) is 12.1 Å². The predicted molar refractivity (Wildman–Crippen MR) is 230 cm³/mol. The number of aryl methyl sites for hydroxylation is 3. The van der Waals surface area contributed by atoms with E-state index in [9.17, 15) is 4.79 Å². The first-order chi connectivity index (χ1) is 27.9. The van der Waals surface area contributed by atoms with Gasteiger partial charge in [0.25, 0.3) is 0 Å². The van der Waals surface area contributed by atoms with Gasteiger partial charge < -0.3 is 10.2 Å². The molecule has 7 nitrogen and oxygen atoms in total. The summed E-state index contributed by atoms with van der Waals surface area (Å²) in [5.41, 5.74) is 10.6. The van der Waals surface area contributed by atoms with Crippen LogP contribution in [0.1, 0.15) is 77.5 Å². The zero-order valence-corrected chi connectivity index (χ0v) is 33.1. The largest absolute Gasteiger partial charge is 0.322 e. The van der Waals surface area contributed by atoms with Crippen LogP contribution in [-0.2, 0) is 12.1 Å². The minimum atomic E-state index is -0.864. The normalized spacial score (nSPS) is 13.5. The number of carbonyl (C=O) groups is 1. The van der Waals surface area contributed by atoms with E-state index in [1.165, 1.54) is 18.4 Å². The molecule has 0 unspecified atom stereocenters. The third-order valence-electron chi connectivity index (χ3n) is 11.6. The van der Waals surface area contributed by atoms with Crippen LogP contribution in [0.25, 0.3) is 22.5 Å². The molecule has 8 rings (SSSR count). The maximum atomic E-state index is 14.2. The second kappa shape index (κ2) is 16.8. The Hall–Kier alpha value is -6.34. The zero-order valence-electron chi connectivity index (χ0n) is 33.1. The molecular formula is C50H50N6O. The molecule has 2 amide bonds. The Bertz CT molecular complexity index is 2300. The molecule has 0 bridgehead atoms. The predicted octanol–water partition coefficient (Wildman–Crippen LogP) is 11.5. The summed E-state index contributed by atoms with van der Waals surface area (Å²) in [5, 5.41) is 17.2. The molecule has 1 heterocycles. The molecule has 1 fully saturated rings. The van der Waals surface area contributed by atoms with E-state index in [1.807, 2.05) is 28.9 Å². The fraction of sp³-hybridized carbons (Fsp3) is 0.240. The highest BCUT2D eigenvalue weighted by Gasteiger charge is 2.42. The first-order valence-corrected chi connectivity index (χ1v) is 20.2. The molecule has 1 N–H and O–H groups in total. The highest BCUT2D eigenvalue weighted by atomic mass is 16.2. The molecule has 7 heteroatoms. The molecule has 0 spiro atoms. The van der Waals surface area contributed by atoms with Crippen LogP contribution in [-0.4, -0.2) is 37.2 Å². The summed E-state index contributed by atoms with van der Waals surface area (Å²) in [5.74, 6) is 0.657. The molecule has 0 atom stereocenters. The Morgan fingerprint density at radius 1 is 0.667 bits per heavy atom. The second-order valence-electron chi connectivity index (χ2n) is 15.4. The quantitative estimate of drug-likeness (QED) is 0.112. The molecule has 0 radical (unpaired) electrons. The summed E-state index contributed by atoms with van der Waals surface area (Å²) in [6, 6.07) is 52.9. The fourth-order valence-electron chi connectivity index (χ4n) is 8.89. The molecule has 57 heavy (non-hydrogen) atoms. The van der Waals surface area contributed by atoms with Gasteiger partial charge >= 0.3 is 6.03 Å². The van der Waals surface area contributed by atoms with Crippen molar-refractivity contribution in [2.24, 2.45) is 0 Å². The minimum Gasteiger partial charge on any atom is -0.317 e.